The number of carbonyl (C=O) groups is 1. The van der Waals surface area contributed by atoms with Gasteiger partial charge in [0.1, 0.15) is 5.75 Å². The van der Waals surface area contributed by atoms with Crippen LogP contribution in [-0.4, -0.2) is 41.2 Å². The topological polar surface area (TPSA) is 67.4 Å². The summed E-state index contributed by atoms with van der Waals surface area (Å²) in [7, 11) is 1.62. The number of hydrogen-bond acceptors (Lipinski definition) is 5. The number of anilines is 2. The van der Waals surface area contributed by atoms with Gasteiger partial charge in [-0.25, -0.2) is 0 Å². The number of aromatic nitrogens is 2. The summed E-state index contributed by atoms with van der Waals surface area (Å²) in [5, 5.41) is 11.3. The van der Waals surface area contributed by atoms with Crippen molar-refractivity contribution in [3.63, 3.8) is 0 Å². The maximum atomic E-state index is 12.2. The van der Waals surface area contributed by atoms with E-state index < -0.39 is 0 Å². The summed E-state index contributed by atoms with van der Waals surface area (Å²) in [6, 6.07) is 9.25. The molecule has 1 amide bonds. The van der Waals surface area contributed by atoms with Crippen molar-refractivity contribution >= 4 is 17.4 Å². The number of rotatable bonds is 6. The molecule has 122 valence electrons. The van der Waals surface area contributed by atoms with Gasteiger partial charge in [0, 0.05) is 13.1 Å². The van der Waals surface area contributed by atoms with Crippen LogP contribution in [0.25, 0.3) is 0 Å². The van der Waals surface area contributed by atoms with E-state index in [2.05, 4.69) is 15.5 Å². The Bertz CT molecular complexity index is 667. The maximum Gasteiger partial charge on any atom is 0.274 e. The van der Waals surface area contributed by atoms with E-state index in [0.717, 1.165) is 17.0 Å². The number of nitrogens with zero attached hydrogens (tertiary/aromatic N) is 3. The molecule has 0 aliphatic carbocycles. The molecule has 0 saturated carbocycles. The van der Waals surface area contributed by atoms with E-state index in [1.54, 1.807) is 24.1 Å². The second kappa shape index (κ2) is 7.58. The molecule has 0 unspecified atom stereocenters. The van der Waals surface area contributed by atoms with Crippen LogP contribution in [0.1, 0.15) is 29.9 Å². The monoisotopic (exact) mass is 314 g/mol. The normalized spacial score (nSPS) is 10.3. The summed E-state index contributed by atoms with van der Waals surface area (Å²) in [5.74, 6) is 1.17. The van der Waals surface area contributed by atoms with Gasteiger partial charge < -0.3 is 15.0 Å². The number of carbonyl (C=O) groups excluding carboxylic acids is 1. The summed E-state index contributed by atoms with van der Waals surface area (Å²) in [6.45, 7) is 7.18. The lowest BCUT2D eigenvalue weighted by Gasteiger charge is -2.17. The first-order valence-corrected chi connectivity index (χ1v) is 7.63. The van der Waals surface area contributed by atoms with E-state index in [-0.39, 0.29) is 5.91 Å². The number of methoxy groups -OCH3 is 1. The van der Waals surface area contributed by atoms with E-state index in [1.165, 1.54) is 0 Å². The summed E-state index contributed by atoms with van der Waals surface area (Å²) in [6.07, 6.45) is 0. The molecular formula is C17H22N4O2. The van der Waals surface area contributed by atoms with Gasteiger partial charge in [-0.1, -0.05) is 6.07 Å². The van der Waals surface area contributed by atoms with Crippen molar-refractivity contribution in [3.05, 3.63) is 41.6 Å². The Balaban J connectivity index is 2.17. The summed E-state index contributed by atoms with van der Waals surface area (Å²) >= 11 is 0. The molecule has 0 atom stereocenters. The molecule has 0 fully saturated rings. The van der Waals surface area contributed by atoms with Crippen LogP contribution in [0.5, 0.6) is 5.75 Å². The van der Waals surface area contributed by atoms with Gasteiger partial charge in [0.15, 0.2) is 11.5 Å². The molecule has 1 heterocycles. The van der Waals surface area contributed by atoms with Gasteiger partial charge in [-0.05, 0) is 50.6 Å². The van der Waals surface area contributed by atoms with Crippen molar-refractivity contribution in [2.75, 3.05) is 25.5 Å². The van der Waals surface area contributed by atoms with Crippen molar-refractivity contribution in [2.45, 2.75) is 20.8 Å². The molecular weight excluding hydrogens is 292 g/mol. The lowest BCUT2D eigenvalue weighted by Crippen LogP contribution is -2.31. The molecule has 0 radical (unpaired) electrons. The fourth-order valence-electron chi connectivity index (χ4n) is 2.24. The summed E-state index contributed by atoms with van der Waals surface area (Å²) in [5.41, 5.74) is 2.26. The van der Waals surface area contributed by atoms with Gasteiger partial charge in [-0.15, -0.1) is 10.2 Å². The van der Waals surface area contributed by atoms with Gasteiger partial charge in [0.2, 0.25) is 0 Å². The third-order valence-corrected chi connectivity index (χ3v) is 3.55. The highest BCUT2D eigenvalue weighted by atomic mass is 16.5. The van der Waals surface area contributed by atoms with Crippen molar-refractivity contribution < 1.29 is 9.53 Å². The lowest BCUT2D eigenvalue weighted by molar-refractivity contribution is 0.0766. The molecule has 6 heteroatoms. The highest BCUT2D eigenvalue weighted by molar-refractivity contribution is 5.92. The molecule has 23 heavy (non-hydrogen) atoms. The minimum Gasteiger partial charge on any atom is -0.495 e. The molecule has 2 aromatic rings. The molecule has 1 aromatic carbocycles. The highest BCUT2D eigenvalue weighted by Crippen LogP contribution is 2.27. The van der Waals surface area contributed by atoms with Crippen LogP contribution in [0.3, 0.4) is 0 Å². The largest absolute Gasteiger partial charge is 0.495 e. The van der Waals surface area contributed by atoms with Crippen LogP contribution >= 0.6 is 0 Å². The molecule has 2 rings (SSSR count). The number of ether oxygens (including phenoxy) is 1. The number of nitrogens with one attached hydrogen (secondary N) is 1. The predicted octanol–water partition coefficient (Wildman–Crippen LogP) is 3.02. The van der Waals surface area contributed by atoms with Gasteiger partial charge >= 0.3 is 0 Å². The second-order valence-electron chi connectivity index (χ2n) is 5.11. The van der Waals surface area contributed by atoms with E-state index in [1.807, 2.05) is 39.0 Å². The third-order valence-electron chi connectivity index (χ3n) is 3.55. The number of aryl methyl sites for hydroxylation is 1. The van der Waals surface area contributed by atoms with Crippen molar-refractivity contribution in [1.82, 2.24) is 15.1 Å². The average Bonchev–Trinajstić information content (AvgIpc) is 2.57. The first kappa shape index (κ1) is 16.7. The molecule has 6 nitrogen and oxygen atoms in total. The summed E-state index contributed by atoms with van der Waals surface area (Å²) < 4.78 is 5.32. The minimum atomic E-state index is -0.109. The number of benzene rings is 1. The average molecular weight is 314 g/mol. The maximum absolute atomic E-state index is 12.2. The molecule has 0 aliphatic rings. The Hall–Kier alpha value is -2.63. The Kier molecular flexibility index (Phi) is 5.51. The van der Waals surface area contributed by atoms with Crippen LogP contribution in [0.15, 0.2) is 30.3 Å². The van der Waals surface area contributed by atoms with Crippen LogP contribution in [0.2, 0.25) is 0 Å². The molecule has 0 saturated heterocycles. The first-order valence-electron chi connectivity index (χ1n) is 7.63. The standard InChI is InChI=1S/C17H22N4O2/c1-5-21(6-2)17(22)13-8-10-16(20-19-13)18-14-11-12(3)7-9-15(14)23-4/h7-11H,5-6H2,1-4H3,(H,18,20). The SMILES string of the molecule is CCN(CC)C(=O)c1ccc(Nc2cc(C)ccc2OC)nn1. The van der Waals surface area contributed by atoms with E-state index in [0.29, 0.717) is 24.6 Å². The van der Waals surface area contributed by atoms with E-state index in [4.69, 9.17) is 4.74 Å². The van der Waals surface area contributed by atoms with Crippen molar-refractivity contribution in [2.24, 2.45) is 0 Å². The van der Waals surface area contributed by atoms with Crippen LogP contribution in [0.4, 0.5) is 11.5 Å². The Morgan fingerprint density at radius 1 is 1.17 bits per heavy atom. The fourth-order valence-corrected chi connectivity index (χ4v) is 2.24. The lowest BCUT2D eigenvalue weighted by atomic mass is 10.2. The van der Waals surface area contributed by atoms with Gasteiger partial charge in [-0.3, -0.25) is 4.79 Å². The van der Waals surface area contributed by atoms with Gasteiger partial charge in [-0.2, -0.15) is 0 Å². The predicted molar refractivity (Wildman–Crippen MR) is 90.3 cm³/mol. The molecule has 0 aliphatic heterocycles. The third kappa shape index (κ3) is 3.97. The zero-order chi connectivity index (χ0) is 16.8. The second-order valence-corrected chi connectivity index (χ2v) is 5.11. The van der Waals surface area contributed by atoms with Gasteiger partial charge in [0.05, 0.1) is 12.8 Å². The Morgan fingerprint density at radius 2 is 1.91 bits per heavy atom. The minimum absolute atomic E-state index is 0.109. The van der Waals surface area contributed by atoms with Gasteiger partial charge in [0.25, 0.3) is 5.91 Å². The van der Waals surface area contributed by atoms with E-state index >= 15 is 0 Å². The molecule has 1 N–H and O–H groups in total. The molecule has 0 spiro atoms. The summed E-state index contributed by atoms with van der Waals surface area (Å²) in [4.78, 5) is 13.9. The quantitative estimate of drug-likeness (QED) is 0.887. The molecule has 0 bridgehead atoms. The Morgan fingerprint density at radius 3 is 2.48 bits per heavy atom. The fraction of sp³-hybridized carbons (Fsp3) is 0.353. The van der Waals surface area contributed by atoms with Crippen molar-refractivity contribution in [1.29, 1.82) is 0 Å². The number of amides is 1. The zero-order valence-electron chi connectivity index (χ0n) is 14.0. The molecule has 1 aromatic heterocycles. The highest BCUT2D eigenvalue weighted by Gasteiger charge is 2.14. The smallest absolute Gasteiger partial charge is 0.274 e. The van der Waals surface area contributed by atoms with Crippen LogP contribution in [-0.2, 0) is 0 Å². The van der Waals surface area contributed by atoms with Crippen LogP contribution < -0.4 is 10.1 Å². The zero-order valence-corrected chi connectivity index (χ0v) is 14.0. The van der Waals surface area contributed by atoms with Crippen LogP contribution in [0, 0.1) is 6.92 Å². The van der Waals surface area contributed by atoms with Crippen molar-refractivity contribution in [3.8, 4) is 5.75 Å². The first-order chi connectivity index (χ1) is 11.1. The van der Waals surface area contributed by atoms with E-state index in [9.17, 15) is 4.79 Å². The Labute approximate surface area is 136 Å². The number of hydrogen-bond donors (Lipinski definition) is 1.